The number of oxazole rings is 1. The van der Waals surface area contributed by atoms with Crippen molar-refractivity contribution in [3.8, 4) is 0 Å². The molecule has 0 saturated heterocycles. The van der Waals surface area contributed by atoms with Gasteiger partial charge in [0.15, 0.2) is 5.96 Å². The third-order valence-electron chi connectivity index (χ3n) is 3.16. The van der Waals surface area contributed by atoms with Crippen molar-refractivity contribution in [3.05, 3.63) is 52.7 Å². The first-order chi connectivity index (χ1) is 10.5. The second kappa shape index (κ2) is 8.80. The predicted molar refractivity (Wildman–Crippen MR) is 94.8 cm³/mol. The van der Waals surface area contributed by atoms with Crippen molar-refractivity contribution < 1.29 is 13.2 Å². The van der Waals surface area contributed by atoms with E-state index in [1.165, 1.54) is 0 Å². The number of aromatic nitrogens is 1. The Morgan fingerprint density at radius 2 is 1.91 bits per heavy atom. The maximum atomic E-state index is 13.5. The standard InChI is InChI=1S/C15H18F2N4O.HI/c1-9-10(2)22-14(21-9)8-20-15(18-3)19-7-11-6-12(16)4-5-13(11)17;/h4-6H,7-8H2,1-3H3,(H2,18,19,20);1H. The van der Waals surface area contributed by atoms with E-state index >= 15 is 0 Å². The van der Waals surface area contributed by atoms with Crippen LogP contribution in [0.15, 0.2) is 27.6 Å². The Hall–Kier alpha value is -1.71. The van der Waals surface area contributed by atoms with Crippen LogP contribution < -0.4 is 10.6 Å². The summed E-state index contributed by atoms with van der Waals surface area (Å²) < 4.78 is 32.1. The van der Waals surface area contributed by atoms with Gasteiger partial charge in [0.25, 0.3) is 0 Å². The maximum Gasteiger partial charge on any atom is 0.214 e. The van der Waals surface area contributed by atoms with Crippen molar-refractivity contribution in [3.63, 3.8) is 0 Å². The van der Waals surface area contributed by atoms with Crippen LogP contribution in [0, 0.1) is 25.5 Å². The number of aryl methyl sites for hydroxylation is 2. The van der Waals surface area contributed by atoms with Gasteiger partial charge in [-0.3, -0.25) is 4.99 Å². The zero-order valence-electron chi connectivity index (χ0n) is 13.1. The summed E-state index contributed by atoms with van der Waals surface area (Å²) in [7, 11) is 1.59. The molecule has 1 heterocycles. The molecule has 23 heavy (non-hydrogen) atoms. The van der Waals surface area contributed by atoms with Crippen LogP contribution in [0.2, 0.25) is 0 Å². The highest BCUT2D eigenvalue weighted by Crippen LogP contribution is 2.09. The molecular formula is C15H19F2IN4O. The molecule has 0 radical (unpaired) electrons. The fourth-order valence-electron chi connectivity index (χ4n) is 1.85. The van der Waals surface area contributed by atoms with E-state index in [9.17, 15) is 8.78 Å². The lowest BCUT2D eigenvalue weighted by molar-refractivity contribution is 0.463. The Kier molecular flexibility index (Phi) is 7.40. The molecule has 2 N–H and O–H groups in total. The van der Waals surface area contributed by atoms with Crippen molar-refractivity contribution in [2.75, 3.05) is 7.05 Å². The van der Waals surface area contributed by atoms with Crippen LogP contribution in [0.1, 0.15) is 22.9 Å². The molecular weight excluding hydrogens is 417 g/mol. The molecule has 0 fully saturated rings. The normalized spacial score (nSPS) is 11.1. The molecule has 1 aromatic carbocycles. The largest absolute Gasteiger partial charge is 0.444 e. The molecule has 2 aromatic rings. The lowest BCUT2D eigenvalue weighted by Crippen LogP contribution is -2.36. The van der Waals surface area contributed by atoms with Gasteiger partial charge in [0.1, 0.15) is 17.4 Å². The topological polar surface area (TPSA) is 62.5 Å². The van der Waals surface area contributed by atoms with Gasteiger partial charge in [-0.15, -0.1) is 24.0 Å². The number of benzene rings is 1. The molecule has 0 amide bonds. The highest BCUT2D eigenvalue weighted by Gasteiger charge is 2.08. The molecule has 0 unspecified atom stereocenters. The zero-order chi connectivity index (χ0) is 16.1. The van der Waals surface area contributed by atoms with Crippen LogP contribution in [0.25, 0.3) is 0 Å². The van der Waals surface area contributed by atoms with Gasteiger partial charge in [0, 0.05) is 19.2 Å². The Bertz CT molecular complexity index is 669. The molecule has 126 valence electrons. The fraction of sp³-hybridized carbons (Fsp3) is 0.333. The Morgan fingerprint density at radius 3 is 2.52 bits per heavy atom. The van der Waals surface area contributed by atoms with E-state index in [-0.39, 0.29) is 36.1 Å². The average molecular weight is 436 g/mol. The van der Waals surface area contributed by atoms with E-state index in [2.05, 4.69) is 20.6 Å². The Labute approximate surface area is 150 Å². The minimum atomic E-state index is -0.480. The number of halogens is 3. The summed E-state index contributed by atoms with van der Waals surface area (Å²) in [5.74, 6) is 0.795. The summed E-state index contributed by atoms with van der Waals surface area (Å²) in [6.07, 6.45) is 0. The monoisotopic (exact) mass is 436 g/mol. The summed E-state index contributed by atoms with van der Waals surface area (Å²) in [5.41, 5.74) is 1.06. The van der Waals surface area contributed by atoms with Gasteiger partial charge in [0.05, 0.1) is 12.2 Å². The van der Waals surface area contributed by atoms with Crippen LogP contribution in [0.5, 0.6) is 0 Å². The summed E-state index contributed by atoms with van der Waals surface area (Å²) in [6, 6.07) is 3.33. The van der Waals surface area contributed by atoms with Crippen LogP contribution in [0.3, 0.4) is 0 Å². The van der Waals surface area contributed by atoms with Crippen LogP contribution in [-0.2, 0) is 13.1 Å². The second-order valence-corrected chi connectivity index (χ2v) is 4.76. The van der Waals surface area contributed by atoms with Gasteiger partial charge in [-0.1, -0.05) is 0 Å². The zero-order valence-corrected chi connectivity index (χ0v) is 15.4. The van der Waals surface area contributed by atoms with Crippen molar-refractivity contribution in [1.82, 2.24) is 15.6 Å². The van der Waals surface area contributed by atoms with Gasteiger partial charge in [0.2, 0.25) is 5.89 Å². The SMILES string of the molecule is CN=C(NCc1nc(C)c(C)o1)NCc1cc(F)ccc1F.I. The molecule has 2 rings (SSSR count). The first-order valence-electron chi connectivity index (χ1n) is 6.81. The highest BCUT2D eigenvalue weighted by molar-refractivity contribution is 14.0. The van der Waals surface area contributed by atoms with Crippen molar-refractivity contribution >= 4 is 29.9 Å². The number of guanidine groups is 1. The number of nitrogens with one attached hydrogen (secondary N) is 2. The number of hydrogen-bond acceptors (Lipinski definition) is 3. The van der Waals surface area contributed by atoms with Gasteiger partial charge in [-0.25, -0.2) is 13.8 Å². The molecule has 0 aliphatic carbocycles. The van der Waals surface area contributed by atoms with E-state index in [1.807, 2.05) is 13.8 Å². The average Bonchev–Trinajstić information content (AvgIpc) is 2.81. The van der Waals surface area contributed by atoms with Gasteiger partial charge < -0.3 is 15.1 Å². The van der Waals surface area contributed by atoms with E-state index < -0.39 is 11.6 Å². The molecule has 0 saturated carbocycles. The molecule has 1 aromatic heterocycles. The third-order valence-corrected chi connectivity index (χ3v) is 3.16. The Morgan fingerprint density at radius 1 is 1.22 bits per heavy atom. The molecule has 8 heteroatoms. The van der Waals surface area contributed by atoms with E-state index in [0.717, 1.165) is 29.7 Å². The van der Waals surface area contributed by atoms with Crippen LogP contribution in [-0.4, -0.2) is 18.0 Å². The minimum Gasteiger partial charge on any atom is -0.444 e. The Balaban J connectivity index is 0.00000264. The quantitative estimate of drug-likeness (QED) is 0.440. The molecule has 0 atom stereocenters. The van der Waals surface area contributed by atoms with Gasteiger partial charge in [-0.05, 0) is 32.0 Å². The molecule has 0 aliphatic heterocycles. The smallest absolute Gasteiger partial charge is 0.214 e. The lowest BCUT2D eigenvalue weighted by Gasteiger charge is -2.11. The minimum absolute atomic E-state index is 0. The lowest BCUT2D eigenvalue weighted by atomic mass is 10.2. The first kappa shape index (κ1) is 19.3. The number of hydrogen-bond donors (Lipinski definition) is 2. The summed E-state index contributed by atoms with van der Waals surface area (Å²) in [4.78, 5) is 8.25. The number of rotatable bonds is 4. The number of nitrogens with zero attached hydrogens (tertiary/aromatic N) is 2. The van der Waals surface area contributed by atoms with Crippen molar-refractivity contribution in [2.45, 2.75) is 26.9 Å². The molecule has 0 aliphatic rings. The maximum absolute atomic E-state index is 13.5. The molecule has 5 nitrogen and oxygen atoms in total. The van der Waals surface area contributed by atoms with Crippen molar-refractivity contribution in [1.29, 1.82) is 0 Å². The molecule has 0 bridgehead atoms. The highest BCUT2D eigenvalue weighted by atomic mass is 127. The van der Waals surface area contributed by atoms with Gasteiger partial charge >= 0.3 is 0 Å². The van der Waals surface area contributed by atoms with Gasteiger partial charge in [-0.2, -0.15) is 0 Å². The second-order valence-electron chi connectivity index (χ2n) is 4.76. The predicted octanol–water partition coefficient (Wildman–Crippen LogP) is 3.05. The fourth-order valence-corrected chi connectivity index (χ4v) is 1.85. The summed E-state index contributed by atoms with van der Waals surface area (Å²) in [6.45, 7) is 4.17. The van der Waals surface area contributed by atoms with Crippen LogP contribution in [0.4, 0.5) is 8.78 Å². The van der Waals surface area contributed by atoms with E-state index in [0.29, 0.717) is 18.4 Å². The summed E-state index contributed by atoms with van der Waals surface area (Å²) >= 11 is 0. The van der Waals surface area contributed by atoms with E-state index in [1.54, 1.807) is 7.05 Å². The third kappa shape index (κ3) is 5.45. The van der Waals surface area contributed by atoms with E-state index in [4.69, 9.17) is 4.42 Å². The summed E-state index contributed by atoms with van der Waals surface area (Å²) in [5, 5.41) is 5.91. The first-order valence-corrected chi connectivity index (χ1v) is 6.81. The number of aliphatic imine (C=N–C) groups is 1. The van der Waals surface area contributed by atoms with Crippen LogP contribution >= 0.6 is 24.0 Å². The van der Waals surface area contributed by atoms with Crippen molar-refractivity contribution in [2.24, 2.45) is 4.99 Å². The molecule has 0 spiro atoms.